The van der Waals surface area contributed by atoms with Gasteiger partial charge in [0.2, 0.25) is 0 Å². The lowest BCUT2D eigenvalue weighted by molar-refractivity contribution is -0.136. The van der Waals surface area contributed by atoms with Gasteiger partial charge in [0.1, 0.15) is 3.64 Å². The second-order valence-electron chi connectivity index (χ2n) is 2.45. The topological polar surface area (TPSA) is 18.5 Å². The highest BCUT2D eigenvalue weighted by Crippen LogP contribution is 2.67. The maximum Gasteiger partial charge on any atom is 0.158 e. The molecule has 0 aromatic rings. The summed E-state index contributed by atoms with van der Waals surface area (Å²) in [5.74, 6) is 0.884. The highest BCUT2D eigenvalue weighted by molar-refractivity contribution is 9.17. The Balaban J connectivity index is 3.65. The summed E-state index contributed by atoms with van der Waals surface area (Å²) in [6, 6.07) is 0. The van der Waals surface area contributed by atoms with E-state index in [1.807, 2.05) is 13.8 Å². The van der Waals surface area contributed by atoms with Gasteiger partial charge in [-0.05, 0) is 13.8 Å². The molecule has 0 bridgehead atoms. The molecule has 0 aliphatic carbocycles. The number of hydrogen-bond acceptors (Lipinski definition) is 4. The Hall–Kier alpha value is 1.62. The Morgan fingerprint density at radius 1 is 1.29 bits per heavy atom. The van der Waals surface area contributed by atoms with Gasteiger partial charge in [0.15, 0.2) is 6.29 Å². The number of ether oxygens (including phenoxy) is 2. The van der Waals surface area contributed by atoms with Gasteiger partial charge in [-0.25, -0.2) is 0 Å². The molecule has 0 atom stereocenters. The summed E-state index contributed by atoms with van der Waals surface area (Å²) in [5, 5.41) is 0. The van der Waals surface area contributed by atoms with Crippen molar-refractivity contribution in [2.24, 2.45) is 0 Å². The van der Waals surface area contributed by atoms with E-state index in [0.29, 0.717) is 13.2 Å². The Labute approximate surface area is 106 Å². The molecule has 0 rings (SSSR count). The first-order chi connectivity index (χ1) is 6.49. The molecule has 0 aromatic heterocycles. The summed E-state index contributed by atoms with van der Waals surface area (Å²) in [6.45, 7) is 5.26. The van der Waals surface area contributed by atoms with E-state index in [-0.39, 0.29) is 6.29 Å². The predicted octanol–water partition coefficient (Wildman–Crippen LogP) is 3.59. The summed E-state index contributed by atoms with van der Waals surface area (Å²) in [5.41, 5.74) is 0. The van der Waals surface area contributed by atoms with Crippen molar-refractivity contribution in [2.45, 2.75) is 26.6 Å². The lowest BCUT2D eigenvalue weighted by atomic mass is 10.5. The van der Waals surface area contributed by atoms with Crippen molar-refractivity contribution in [3.05, 3.63) is 0 Å². The van der Waals surface area contributed by atoms with Crippen molar-refractivity contribution in [2.75, 3.05) is 19.0 Å². The van der Waals surface area contributed by atoms with Crippen LogP contribution in [0.15, 0.2) is 0 Å². The molecule has 0 aromatic carbocycles. The van der Waals surface area contributed by atoms with Crippen molar-refractivity contribution in [1.82, 2.24) is 0 Å². The molecule has 2 nitrogen and oxygen atoms in total. The summed E-state index contributed by atoms with van der Waals surface area (Å²) in [6.07, 6.45) is 0.729. The summed E-state index contributed by atoms with van der Waals surface area (Å²) >= 11 is 15.2. The molecule has 0 radical (unpaired) electrons. The summed E-state index contributed by atoms with van der Waals surface area (Å²) in [4.78, 5) is 0. The van der Waals surface area contributed by atoms with Crippen molar-refractivity contribution in [3.8, 4) is 0 Å². The van der Waals surface area contributed by atoms with Gasteiger partial charge in [-0.1, -0.05) is 11.8 Å². The Bertz CT molecular complexity index is 179. The zero-order valence-corrected chi connectivity index (χ0v) is 12.7. The average molecular weight is 292 g/mol. The van der Waals surface area contributed by atoms with Gasteiger partial charge in [-0.2, -0.15) is 0 Å². The van der Waals surface area contributed by atoms with Crippen LogP contribution in [-0.2, 0) is 21.3 Å². The van der Waals surface area contributed by atoms with E-state index in [9.17, 15) is 0 Å². The van der Waals surface area contributed by atoms with E-state index < -0.39 is 3.64 Å². The van der Waals surface area contributed by atoms with E-state index in [2.05, 4.69) is 24.5 Å². The van der Waals surface area contributed by atoms with Gasteiger partial charge < -0.3 is 9.47 Å². The number of thiol groups is 2. The highest BCUT2D eigenvalue weighted by atomic mass is 33.5. The summed E-state index contributed by atoms with van der Waals surface area (Å²) in [7, 11) is 0. The molecule has 0 aliphatic heterocycles. The summed E-state index contributed by atoms with van der Waals surface area (Å²) < 4.78 is 9.05. The Morgan fingerprint density at radius 2 is 1.79 bits per heavy atom. The van der Waals surface area contributed by atoms with Crippen LogP contribution in [0, 0.1) is 0 Å². The fourth-order valence-electron chi connectivity index (χ4n) is 0.854. The van der Waals surface area contributed by atoms with Crippen LogP contribution in [0.2, 0.25) is 0 Å². The second-order valence-corrected chi connectivity index (χ2v) is 16.6. The largest absolute Gasteiger partial charge is 0.353 e. The molecule has 0 amide bonds. The van der Waals surface area contributed by atoms with E-state index >= 15 is 0 Å². The first-order valence-corrected chi connectivity index (χ1v) is 11.1. The van der Waals surface area contributed by atoms with Crippen molar-refractivity contribution < 1.29 is 9.47 Å². The molecule has 0 spiro atoms. The van der Waals surface area contributed by atoms with Gasteiger partial charge in [0.05, 0.1) is 0 Å². The number of hydrogen-bond donors (Lipinski definition) is 2. The minimum atomic E-state index is -1.73. The van der Waals surface area contributed by atoms with Gasteiger partial charge in [-0.3, -0.25) is 0 Å². The van der Waals surface area contributed by atoms with Crippen LogP contribution < -0.4 is 0 Å². The van der Waals surface area contributed by atoms with Crippen LogP contribution in [-0.4, -0.2) is 25.3 Å². The van der Waals surface area contributed by atoms with Gasteiger partial charge in [0, 0.05) is 25.4 Å². The first-order valence-electron chi connectivity index (χ1n) is 4.43. The lowest BCUT2D eigenvalue weighted by Gasteiger charge is -2.17. The molecule has 0 aliphatic rings. The minimum Gasteiger partial charge on any atom is -0.353 e. The van der Waals surface area contributed by atoms with Crippen molar-refractivity contribution in [3.63, 3.8) is 0 Å². The highest BCUT2D eigenvalue weighted by Gasteiger charge is 2.10. The molecule has 0 fully saturated rings. The molecule has 14 heavy (non-hydrogen) atoms. The predicted molar refractivity (Wildman–Crippen MR) is 76.4 cm³/mol. The SMILES string of the molecule is CCOC(CCSP(=S)(S)S)OCC. The molecule has 86 valence electrons. The monoisotopic (exact) mass is 292 g/mol. The quantitative estimate of drug-likeness (QED) is 0.404. The molecule has 0 unspecified atom stereocenters. The molecule has 0 N–H and O–H groups in total. The van der Waals surface area contributed by atoms with Crippen LogP contribution in [0.3, 0.4) is 0 Å². The molecule has 0 saturated heterocycles. The van der Waals surface area contributed by atoms with E-state index in [1.165, 1.54) is 0 Å². The number of rotatable bonds is 8. The minimum absolute atomic E-state index is 0.110. The maximum absolute atomic E-state index is 5.39. The lowest BCUT2D eigenvalue weighted by Crippen LogP contribution is -2.17. The Kier molecular flexibility index (Phi) is 9.75. The average Bonchev–Trinajstić information content (AvgIpc) is 2.02. The van der Waals surface area contributed by atoms with E-state index in [0.717, 1.165) is 12.2 Å². The third-order valence-electron chi connectivity index (χ3n) is 1.32. The maximum atomic E-state index is 5.39. The van der Waals surface area contributed by atoms with Crippen LogP contribution in [0.1, 0.15) is 20.3 Å². The first kappa shape index (κ1) is 15.6. The van der Waals surface area contributed by atoms with Crippen LogP contribution >= 0.6 is 39.5 Å². The third kappa shape index (κ3) is 10.1. The normalized spacial score (nSPS) is 12.4. The smallest absolute Gasteiger partial charge is 0.158 e. The van der Waals surface area contributed by atoms with Crippen molar-refractivity contribution in [1.29, 1.82) is 0 Å². The molecule has 7 heteroatoms. The third-order valence-corrected chi connectivity index (χ3v) is 6.66. The fraction of sp³-hybridized carbons (Fsp3) is 1.00. The van der Waals surface area contributed by atoms with Crippen molar-refractivity contribution >= 4 is 51.3 Å². The Morgan fingerprint density at radius 3 is 2.14 bits per heavy atom. The molecule has 0 heterocycles. The second kappa shape index (κ2) is 8.74. The van der Waals surface area contributed by atoms with Crippen LogP contribution in [0.25, 0.3) is 0 Å². The fourth-order valence-corrected chi connectivity index (χ4v) is 4.56. The van der Waals surface area contributed by atoms with Gasteiger partial charge in [0.25, 0.3) is 0 Å². The molecule has 0 saturated carbocycles. The molecular formula is C7H17O2PS4. The zero-order chi connectivity index (χ0) is 11.0. The standard InChI is InChI=1S/C7H17O2PS4/c1-3-8-7(9-4-2)5-6-14-10(11,12)13/h7H,3-6H2,1-2H3,(H2,11,12,13). The van der Waals surface area contributed by atoms with E-state index in [4.69, 9.17) is 21.3 Å². The van der Waals surface area contributed by atoms with E-state index in [1.54, 1.807) is 11.4 Å². The van der Waals surface area contributed by atoms with Crippen LogP contribution in [0.4, 0.5) is 0 Å². The molecular weight excluding hydrogens is 275 g/mol. The van der Waals surface area contributed by atoms with Gasteiger partial charge >= 0.3 is 0 Å². The van der Waals surface area contributed by atoms with Crippen LogP contribution in [0.5, 0.6) is 0 Å². The zero-order valence-electron chi connectivity index (χ0n) is 8.38. The van der Waals surface area contributed by atoms with Gasteiger partial charge in [-0.15, -0.1) is 35.9 Å².